The molecule has 2 saturated heterocycles. The van der Waals surface area contributed by atoms with E-state index in [1.807, 2.05) is 25.3 Å². The summed E-state index contributed by atoms with van der Waals surface area (Å²) >= 11 is 0. The zero-order valence-electron chi connectivity index (χ0n) is 15.9. The van der Waals surface area contributed by atoms with Gasteiger partial charge in [0.1, 0.15) is 0 Å². The molecule has 0 radical (unpaired) electrons. The number of hydrogen-bond donors (Lipinski definition) is 2. The Morgan fingerprint density at radius 3 is 2.85 bits per heavy atom. The number of rotatable bonds is 7. The molecule has 2 unspecified atom stereocenters. The molecule has 8 heteroatoms. The van der Waals surface area contributed by atoms with Crippen LogP contribution in [-0.2, 0) is 20.9 Å². The van der Waals surface area contributed by atoms with E-state index >= 15 is 0 Å². The van der Waals surface area contributed by atoms with E-state index in [9.17, 15) is 9.59 Å². The second kappa shape index (κ2) is 9.77. The second-order valence-electron chi connectivity index (χ2n) is 7.09. The number of nitrogens with zero attached hydrogens (tertiary/aromatic N) is 3. The standard InChI is InChI=1S/C19H29N5O3/c1-2-21-19(26)17-10-16(13-24(17)12-15-4-3-5-20-11-15)22-18(25)14-23-6-8-27-9-7-23/h3-5,11,16-17H,2,6-10,12-14H2,1H3,(H,21,26)(H,22,25). The van der Waals surface area contributed by atoms with Gasteiger partial charge < -0.3 is 15.4 Å². The van der Waals surface area contributed by atoms with Crippen LogP contribution in [0, 0.1) is 0 Å². The Morgan fingerprint density at radius 1 is 1.33 bits per heavy atom. The van der Waals surface area contributed by atoms with Crippen LogP contribution in [0.5, 0.6) is 0 Å². The van der Waals surface area contributed by atoms with Crippen LogP contribution in [0.15, 0.2) is 24.5 Å². The number of likely N-dealkylation sites (N-methyl/N-ethyl adjacent to an activating group) is 1. The first kappa shape index (κ1) is 19.7. The van der Waals surface area contributed by atoms with Crippen molar-refractivity contribution in [2.24, 2.45) is 0 Å². The summed E-state index contributed by atoms with van der Waals surface area (Å²) in [6.45, 7) is 7.12. The van der Waals surface area contributed by atoms with Crippen LogP contribution >= 0.6 is 0 Å². The van der Waals surface area contributed by atoms with Crippen molar-refractivity contribution in [3.63, 3.8) is 0 Å². The lowest BCUT2D eigenvalue weighted by Gasteiger charge is -2.26. The van der Waals surface area contributed by atoms with E-state index in [0.29, 0.717) is 45.8 Å². The van der Waals surface area contributed by atoms with Gasteiger partial charge in [0.05, 0.1) is 25.8 Å². The van der Waals surface area contributed by atoms with Crippen molar-refractivity contribution >= 4 is 11.8 Å². The van der Waals surface area contributed by atoms with Crippen LogP contribution in [0.2, 0.25) is 0 Å². The van der Waals surface area contributed by atoms with Gasteiger partial charge in [0.15, 0.2) is 0 Å². The SMILES string of the molecule is CCNC(=O)C1CC(NC(=O)CN2CCOCC2)CN1Cc1cccnc1. The third kappa shape index (κ3) is 5.72. The Kier molecular flexibility index (Phi) is 7.14. The minimum Gasteiger partial charge on any atom is -0.379 e. The van der Waals surface area contributed by atoms with Crippen LogP contribution in [0.4, 0.5) is 0 Å². The van der Waals surface area contributed by atoms with E-state index < -0.39 is 0 Å². The summed E-state index contributed by atoms with van der Waals surface area (Å²) in [5.41, 5.74) is 1.06. The fourth-order valence-electron chi connectivity index (χ4n) is 3.71. The molecule has 0 spiro atoms. The van der Waals surface area contributed by atoms with Crippen LogP contribution in [0.3, 0.4) is 0 Å². The molecule has 2 fully saturated rings. The predicted octanol–water partition coefficient (Wildman–Crippen LogP) is -0.391. The molecule has 3 heterocycles. The maximum atomic E-state index is 12.5. The van der Waals surface area contributed by atoms with Gasteiger partial charge in [0, 0.05) is 51.2 Å². The van der Waals surface area contributed by atoms with Crippen molar-refractivity contribution in [1.82, 2.24) is 25.4 Å². The van der Waals surface area contributed by atoms with E-state index in [2.05, 4.69) is 25.4 Å². The molecule has 0 saturated carbocycles. The maximum absolute atomic E-state index is 12.5. The van der Waals surface area contributed by atoms with Gasteiger partial charge in [-0.05, 0) is 25.0 Å². The summed E-state index contributed by atoms with van der Waals surface area (Å²) in [4.78, 5) is 33.3. The summed E-state index contributed by atoms with van der Waals surface area (Å²) in [7, 11) is 0. The van der Waals surface area contributed by atoms with Crippen molar-refractivity contribution in [2.75, 3.05) is 45.9 Å². The minimum absolute atomic E-state index is 0.0137. The quantitative estimate of drug-likeness (QED) is 0.675. The summed E-state index contributed by atoms with van der Waals surface area (Å²) < 4.78 is 5.32. The minimum atomic E-state index is -0.237. The fourth-order valence-corrected chi connectivity index (χ4v) is 3.71. The topological polar surface area (TPSA) is 86.8 Å². The monoisotopic (exact) mass is 375 g/mol. The highest BCUT2D eigenvalue weighted by atomic mass is 16.5. The summed E-state index contributed by atoms with van der Waals surface area (Å²) in [6, 6.07) is 3.64. The molecule has 27 heavy (non-hydrogen) atoms. The fraction of sp³-hybridized carbons (Fsp3) is 0.632. The number of ether oxygens (including phenoxy) is 1. The molecule has 2 amide bonds. The molecular weight excluding hydrogens is 346 g/mol. The third-order valence-corrected chi connectivity index (χ3v) is 5.00. The number of carbonyl (C=O) groups is 2. The first-order valence-corrected chi connectivity index (χ1v) is 9.66. The van der Waals surface area contributed by atoms with Gasteiger partial charge in [-0.15, -0.1) is 0 Å². The van der Waals surface area contributed by atoms with E-state index in [1.165, 1.54) is 0 Å². The lowest BCUT2D eigenvalue weighted by Crippen LogP contribution is -2.46. The van der Waals surface area contributed by atoms with Crippen molar-refractivity contribution < 1.29 is 14.3 Å². The molecule has 2 N–H and O–H groups in total. The average Bonchev–Trinajstić information content (AvgIpc) is 3.05. The van der Waals surface area contributed by atoms with Crippen LogP contribution in [0.1, 0.15) is 18.9 Å². The molecular formula is C19H29N5O3. The largest absolute Gasteiger partial charge is 0.379 e. The van der Waals surface area contributed by atoms with Gasteiger partial charge in [-0.25, -0.2) is 0 Å². The lowest BCUT2D eigenvalue weighted by atomic mass is 10.1. The molecule has 0 bridgehead atoms. The van der Waals surface area contributed by atoms with E-state index in [1.54, 1.807) is 6.20 Å². The predicted molar refractivity (Wildman–Crippen MR) is 101 cm³/mol. The Morgan fingerprint density at radius 2 is 2.15 bits per heavy atom. The number of amides is 2. The third-order valence-electron chi connectivity index (χ3n) is 5.00. The van der Waals surface area contributed by atoms with Crippen molar-refractivity contribution in [3.05, 3.63) is 30.1 Å². The number of pyridine rings is 1. The molecule has 8 nitrogen and oxygen atoms in total. The average molecular weight is 375 g/mol. The molecule has 2 atom stereocenters. The first-order valence-electron chi connectivity index (χ1n) is 9.66. The Bertz CT molecular complexity index is 621. The first-order chi connectivity index (χ1) is 13.2. The van der Waals surface area contributed by atoms with Crippen LogP contribution in [0.25, 0.3) is 0 Å². The van der Waals surface area contributed by atoms with E-state index in [0.717, 1.165) is 18.7 Å². The van der Waals surface area contributed by atoms with Gasteiger partial charge in [0.25, 0.3) is 0 Å². The van der Waals surface area contributed by atoms with Crippen molar-refractivity contribution in [2.45, 2.75) is 32.0 Å². The van der Waals surface area contributed by atoms with Gasteiger partial charge in [-0.1, -0.05) is 6.07 Å². The Labute approximate surface area is 160 Å². The van der Waals surface area contributed by atoms with Crippen LogP contribution in [-0.4, -0.2) is 84.6 Å². The van der Waals surface area contributed by atoms with E-state index in [4.69, 9.17) is 4.74 Å². The molecule has 1 aromatic heterocycles. The van der Waals surface area contributed by atoms with Gasteiger partial charge >= 0.3 is 0 Å². The molecule has 1 aromatic rings. The Balaban J connectivity index is 1.57. The second-order valence-corrected chi connectivity index (χ2v) is 7.09. The summed E-state index contributed by atoms with van der Waals surface area (Å²) in [6.07, 6.45) is 4.18. The molecule has 148 valence electrons. The number of nitrogens with one attached hydrogen (secondary N) is 2. The molecule has 0 aliphatic carbocycles. The zero-order chi connectivity index (χ0) is 19.1. The summed E-state index contributed by atoms with van der Waals surface area (Å²) in [5, 5.41) is 6.02. The molecule has 0 aromatic carbocycles. The normalized spacial score (nSPS) is 23.9. The molecule has 2 aliphatic rings. The summed E-state index contributed by atoms with van der Waals surface area (Å²) in [5.74, 6) is 0.0334. The Hall–Kier alpha value is -2.03. The molecule has 2 aliphatic heterocycles. The number of aromatic nitrogens is 1. The van der Waals surface area contributed by atoms with Crippen molar-refractivity contribution in [3.8, 4) is 0 Å². The van der Waals surface area contributed by atoms with Gasteiger partial charge in [-0.3, -0.25) is 24.4 Å². The number of hydrogen-bond acceptors (Lipinski definition) is 6. The highest BCUT2D eigenvalue weighted by Crippen LogP contribution is 2.21. The number of likely N-dealkylation sites (tertiary alicyclic amines) is 1. The van der Waals surface area contributed by atoms with Crippen LogP contribution < -0.4 is 10.6 Å². The van der Waals surface area contributed by atoms with Crippen molar-refractivity contribution in [1.29, 1.82) is 0 Å². The maximum Gasteiger partial charge on any atom is 0.237 e. The number of carbonyl (C=O) groups excluding carboxylic acids is 2. The smallest absolute Gasteiger partial charge is 0.237 e. The molecule has 3 rings (SSSR count). The highest BCUT2D eigenvalue weighted by molar-refractivity contribution is 5.83. The number of morpholine rings is 1. The van der Waals surface area contributed by atoms with E-state index in [-0.39, 0.29) is 23.9 Å². The van der Waals surface area contributed by atoms with Gasteiger partial charge in [0.2, 0.25) is 11.8 Å². The lowest BCUT2D eigenvalue weighted by molar-refractivity contribution is -0.126. The van der Waals surface area contributed by atoms with Gasteiger partial charge in [-0.2, -0.15) is 0 Å². The zero-order valence-corrected chi connectivity index (χ0v) is 15.9. The highest BCUT2D eigenvalue weighted by Gasteiger charge is 2.37.